The van der Waals surface area contributed by atoms with E-state index in [1.807, 2.05) is 30.3 Å². The topological polar surface area (TPSA) is 86.8 Å². The minimum atomic E-state index is -4.87. The first-order chi connectivity index (χ1) is 19.6. The zero-order chi connectivity index (χ0) is 31.2. The molecule has 1 atom stereocenters. The molecule has 0 heterocycles. The van der Waals surface area contributed by atoms with Gasteiger partial charge in [0, 0.05) is 12.6 Å². The Morgan fingerprint density at radius 1 is 0.952 bits per heavy atom. The standard InChI is InChI=1S/C30H33ClF3N3O4S/c1-20(2)35-29(39)22(4)36(17-16-23-8-6-5-7-9-23)28(38)19-37(42(40,41)25-13-10-21(3)11-14-25)24-12-15-27(31)26(18-24)30(32,33)34/h5-15,18,20,22H,16-17,19H2,1-4H3,(H,35,39)/t22-/m0/s1. The lowest BCUT2D eigenvalue weighted by molar-refractivity contribution is -0.139. The van der Waals surface area contributed by atoms with Crippen molar-refractivity contribution >= 4 is 39.1 Å². The quantitative estimate of drug-likeness (QED) is 0.291. The van der Waals surface area contributed by atoms with Crippen molar-refractivity contribution in [1.82, 2.24) is 10.2 Å². The number of hydrogen-bond acceptors (Lipinski definition) is 4. The van der Waals surface area contributed by atoms with Gasteiger partial charge in [-0.15, -0.1) is 0 Å². The minimum absolute atomic E-state index is 0.0579. The van der Waals surface area contributed by atoms with Gasteiger partial charge in [0.2, 0.25) is 11.8 Å². The van der Waals surface area contributed by atoms with Gasteiger partial charge >= 0.3 is 6.18 Å². The van der Waals surface area contributed by atoms with Crippen LogP contribution in [0.4, 0.5) is 18.9 Å². The fourth-order valence-corrected chi connectivity index (χ4v) is 5.86. The number of anilines is 1. The Hall–Kier alpha value is -3.57. The molecule has 3 aromatic carbocycles. The summed E-state index contributed by atoms with van der Waals surface area (Å²) in [5.41, 5.74) is -0.00490. The molecule has 3 rings (SSSR count). The summed E-state index contributed by atoms with van der Waals surface area (Å²) in [4.78, 5) is 27.8. The Bertz CT molecular complexity index is 1500. The number of nitrogens with one attached hydrogen (secondary N) is 1. The van der Waals surface area contributed by atoms with Crippen LogP contribution in [-0.4, -0.2) is 50.3 Å². The summed E-state index contributed by atoms with van der Waals surface area (Å²) in [6, 6.07) is 16.3. The van der Waals surface area contributed by atoms with Crippen molar-refractivity contribution in [2.75, 3.05) is 17.4 Å². The van der Waals surface area contributed by atoms with E-state index in [4.69, 9.17) is 11.6 Å². The molecule has 1 N–H and O–H groups in total. The molecular formula is C30H33ClF3N3O4S. The molecule has 7 nitrogen and oxygen atoms in total. The zero-order valence-corrected chi connectivity index (χ0v) is 25.2. The van der Waals surface area contributed by atoms with Gasteiger partial charge in [0.1, 0.15) is 12.6 Å². The van der Waals surface area contributed by atoms with Crippen LogP contribution in [0.15, 0.2) is 77.7 Å². The lowest BCUT2D eigenvalue weighted by Crippen LogP contribution is -2.53. The number of benzene rings is 3. The maximum absolute atomic E-state index is 13.9. The van der Waals surface area contributed by atoms with Gasteiger partial charge in [0.05, 0.1) is 21.2 Å². The van der Waals surface area contributed by atoms with Gasteiger partial charge in [0.15, 0.2) is 0 Å². The summed E-state index contributed by atoms with van der Waals surface area (Å²) in [7, 11) is -4.53. The number of sulfonamides is 1. The van der Waals surface area contributed by atoms with Crippen molar-refractivity contribution in [3.05, 3.63) is 94.5 Å². The summed E-state index contributed by atoms with van der Waals surface area (Å²) in [6.07, 6.45) is -4.52. The molecule has 0 saturated heterocycles. The Morgan fingerprint density at radius 3 is 2.14 bits per heavy atom. The monoisotopic (exact) mass is 623 g/mol. The van der Waals surface area contributed by atoms with Gasteiger partial charge in [-0.05, 0) is 70.0 Å². The molecule has 3 aromatic rings. The lowest BCUT2D eigenvalue weighted by Gasteiger charge is -2.32. The van der Waals surface area contributed by atoms with Gasteiger partial charge in [-0.25, -0.2) is 8.42 Å². The minimum Gasteiger partial charge on any atom is -0.352 e. The second-order valence-corrected chi connectivity index (χ2v) is 12.4. The molecule has 0 aliphatic heterocycles. The van der Waals surface area contributed by atoms with Crippen LogP contribution in [0.25, 0.3) is 0 Å². The molecule has 0 aliphatic carbocycles. The molecule has 0 bridgehead atoms. The molecule has 0 radical (unpaired) electrons. The number of carbonyl (C=O) groups is 2. The predicted octanol–water partition coefficient (Wildman–Crippen LogP) is 5.85. The van der Waals surface area contributed by atoms with Gasteiger partial charge in [0.25, 0.3) is 10.0 Å². The normalized spacial score (nSPS) is 12.6. The second kappa shape index (κ2) is 13.6. The highest BCUT2D eigenvalue weighted by Crippen LogP contribution is 2.38. The molecule has 226 valence electrons. The zero-order valence-electron chi connectivity index (χ0n) is 23.7. The third-order valence-corrected chi connectivity index (χ3v) is 8.63. The first kappa shape index (κ1) is 32.9. The third kappa shape index (κ3) is 8.25. The lowest BCUT2D eigenvalue weighted by atomic mass is 10.1. The molecule has 12 heteroatoms. The van der Waals surface area contributed by atoms with Gasteiger partial charge in [-0.1, -0.05) is 59.6 Å². The van der Waals surface area contributed by atoms with Crippen molar-refractivity contribution in [1.29, 1.82) is 0 Å². The maximum atomic E-state index is 13.9. The Morgan fingerprint density at radius 2 is 1.57 bits per heavy atom. The molecular weight excluding hydrogens is 591 g/mol. The number of rotatable bonds is 11. The van der Waals surface area contributed by atoms with E-state index in [-0.39, 0.29) is 17.5 Å². The highest BCUT2D eigenvalue weighted by atomic mass is 35.5. The van der Waals surface area contributed by atoms with Crippen LogP contribution in [0.2, 0.25) is 5.02 Å². The first-order valence-electron chi connectivity index (χ1n) is 13.2. The highest BCUT2D eigenvalue weighted by Gasteiger charge is 2.37. The van der Waals surface area contributed by atoms with Gasteiger partial charge < -0.3 is 10.2 Å². The van der Waals surface area contributed by atoms with E-state index in [2.05, 4.69) is 5.32 Å². The molecule has 0 fully saturated rings. The van der Waals surface area contributed by atoms with E-state index >= 15 is 0 Å². The number of hydrogen-bond donors (Lipinski definition) is 1. The fraction of sp³-hybridized carbons (Fsp3) is 0.333. The van der Waals surface area contributed by atoms with Crippen molar-refractivity contribution in [2.45, 2.75) is 57.3 Å². The number of halogens is 4. The Labute approximate surface area is 249 Å². The molecule has 0 saturated carbocycles. The number of alkyl halides is 3. The van der Waals surface area contributed by atoms with Crippen molar-refractivity contribution in [3.63, 3.8) is 0 Å². The molecule has 0 unspecified atom stereocenters. The first-order valence-corrected chi connectivity index (χ1v) is 15.0. The van der Waals surface area contributed by atoms with Crippen LogP contribution in [0, 0.1) is 6.92 Å². The van der Waals surface area contributed by atoms with Crippen LogP contribution in [0.5, 0.6) is 0 Å². The van der Waals surface area contributed by atoms with Crippen LogP contribution >= 0.6 is 11.6 Å². The van der Waals surface area contributed by atoms with Crippen LogP contribution in [-0.2, 0) is 32.2 Å². The van der Waals surface area contributed by atoms with Crippen molar-refractivity contribution in [2.24, 2.45) is 0 Å². The van der Waals surface area contributed by atoms with Crippen molar-refractivity contribution < 1.29 is 31.2 Å². The van der Waals surface area contributed by atoms with Crippen molar-refractivity contribution in [3.8, 4) is 0 Å². The smallest absolute Gasteiger partial charge is 0.352 e. The summed E-state index contributed by atoms with van der Waals surface area (Å²) in [5.74, 6) is -1.22. The summed E-state index contributed by atoms with van der Waals surface area (Å²) >= 11 is 5.80. The molecule has 0 spiro atoms. The average Bonchev–Trinajstić information content (AvgIpc) is 2.92. The summed E-state index contributed by atoms with van der Waals surface area (Å²) in [5, 5.41) is 2.13. The predicted molar refractivity (Wildman–Crippen MR) is 157 cm³/mol. The number of carbonyl (C=O) groups excluding carboxylic acids is 2. The highest BCUT2D eigenvalue weighted by molar-refractivity contribution is 7.92. The van der Waals surface area contributed by atoms with E-state index < -0.39 is 56.9 Å². The van der Waals surface area contributed by atoms with Crippen LogP contribution < -0.4 is 9.62 Å². The average molecular weight is 624 g/mol. The fourth-order valence-electron chi connectivity index (χ4n) is 4.23. The molecule has 2 amide bonds. The van der Waals surface area contributed by atoms with Gasteiger partial charge in [-0.2, -0.15) is 13.2 Å². The van der Waals surface area contributed by atoms with E-state index in [0.717, 1.165) is 23.3 Å². The van der Waals surface area contributed by atoms with E-state index in [1.165, 1.54) is 24.0 Å². The third-order valence-electron chi connectivity index (χ3n) is 6.51. The van der Waals surface area contributed by atoms with Gasteiger partial charge in [-0.3, -0.25) is 13.9 Å². The molecule has 0 aromatic heterocycles. The number of amides is 2. The van der Waals surface area contributed by atoms with E-state index in [0.29, 0.717) is 16.8 Å². The molecule has 42 heavy (non-hydrogen) atoms. The van der Waals surface area contributed by atoms with E-state index in [1.54, 1.807) is 32.9 Å². The number of aryl methyl sites for hydroxylation is 1. The summed E-state index contributed by atoms with van der Waals surface area (Å²) < 4.78 is 69.5. The number of nitrogens with zero attached hydrogens (tertiary/aromatic N) is 2. The Kier molecular flexibility index (Phi) is 10.7. The second-order valence-electron chi connectivity index (χ2n) is 10.1. The largest absolute Gasteiger partial charge is 0.417 e. The SMILES string of the molecule is Cc1ccc(S(=O)(=O)N(CC(=O)N(CCc2ccccc2)[C@@H](C)C(=O)NC(C)C)c2ccc(Cl)c(C(F)(F)F)c2)cc1. The Balaban J connectivity index is 2.07. The maximum Gasteiger partial charge on any atom is 0.417 e. The van der Waals surface area contributed by atoms with Crippen LogP contribution in [0.3, 0.4) is 0 Å². The van der Waals surface area contributed by atoms with Crippen LogP contribution in [0.1, 0.15) is 37.5 Å². The van der Waals surface area contributed by atoms with E-state index in [9.17, 15) is 31.2 Å². The summed E-state index contributed by atoms with van der Waals surface area (Å²) in [6.45, 7) is 5.99. The molecule has 0 aliphatic rings.